The Balaban J connectivity index is 2.04. The molecule has 4 N–H and O–H groups in total. The molecule has 1 aliphatic rings. The van der Waals surface area contributed by atoms with Crippen LogP contribution in [0, 0.1) is 0 Å². The molecule has 21 heavy (non-hydrogen) atoms. The molecule has 8 heteroatoms. The van der Waals surface area contributed by atoms with Crippen LogP contribution in [0.15, 0.2) is 12.1 Å². The van der Waals surface area contributed by atoms with Gasteiger partial charge in [0.2, 0.25) is 0 Å². The number of nitrogens with two attached hydrogens (primary N) is 1. The fourth-order valence-electron chi connectivity index (χ4n) is 2.10. The molecule has 1 unspecified atom stereocenters. The standard InChI is InChI=1S/C13H20F3N5/c1-8(21(2)10-3-4-10)7-18-11-5-9(13(14,15)16)6-12(19-11)20-17/h5-6,8,10H,3-4,7,17H2,1-2H3,(H2,18,19,20). The number of hydrazine groups is 1. The lowest BCUT2D eigenvalue weighted by atomic mass is 10.2. The third kappa shape index (κ3) is 4.21. The normalized spacial score (nSPS) is 16.9. The second kappa shape index (κ2) is 6.07. The molecule has 1 atom stereocenters. The van der Waals surface area contributed by atoms with E-state index in [1.807, 2.05) is 14.0 Å². The topological polar surface area (TPSA) is 66.2 Å². The number of alkyl halides is 3. The van der Waals surface area contributed by atoms with Crippen molar-refractivity contribution in [2.75, 3.05) is 24.3 Å². The van der Waals surface area contributed by atoms with Crippen LogP contribution in [0.3, 0.4) is 0 Å². The molecule has 0 saturated heterocycles. The fraction of sp³-hybridized carbons (Fsp3) is 0.615. The van der Waals surface area contributed by atoms with E-state index in [1.54, 1.807) is 0 Å². The van der Waals surface area contributed by atoms with Crippen molar-refractivity contribution in [1.82, 2.24) is 9.88 Å². The molecule has 118 valence electrons. The van der Waals surface area contributed by atoms with Gasteiger partial charge in [-0.2, -0.15) is 13.2 Å². The smallest absolute Gasteiger partial charge is 0.368 e. The molecule has 0 amide bonds. The lowest BCUT2D eigenvalue weighted by Crippen LogP contribution is -2.36. The van der Waals surface area contributed by atoms with E-state index in [4.69, 9.17) is 5.84 Å². The van der Waals surface area contributed by atoms with E-state index in [-0.39, 0.29) is 17.7 Å². The molecule has 0 radical (unpaired) electrons. The zero-order valence-electron chi connectivity index (χ0n) is 12.0. The first kappa shape index (κ1) is 15.8. The molecule has 1 fully saturated rings. The first-order valence-electron chi connectivity index (χ1n) is 6.83. The minimum absolute atomic E-state index is 0.0180. The number of anilines is 2. The van der Waals surface area contributed by atoms with Gasteiger partial charge in [0.15, 0.2) is 0 Å². The maximum atomic E-state index is 12.8. The average molecular weight is 303 g/mol. The zero-order valence-corrected chi connectivity index (χ0v) is 12.0. The summed E-state index contributed by atoms with van der Waals surface area (Å²) >= 11 is 0. The summed E-state index contributed by atoms with van der Waals surface area (Å²) in [6.45, 7) is 2.55. The van der Waals surface area contributed by atoms with Gasteiger partial charge >= 0.3 is 6.18 Å². The first-order chi connectivity index (χ1) is 9.81. The molecule has 1 aromatic rings. The van der Waals surface area contributed by atoms with Crippen molar-refractivity contribution in [2.45, 2.75) is 38.0 Å². The van der Waals surface area contributed by atoms with Gasteiger partial charge in [-0.25, -0.2) is 10.8 Å². The lowest BCUT2D eigenvalue weighted by Gasteiger charge is -2.25. The van der Waals surface area contributed by atoms with Gasteiger partial charge in [-0.05, 0) is 38.9 Å². The van der Waals surface area contributed by atoms with E-state index in [0.29, 0.717) is 12.6 Å². The predicted octanol–water partition coefficient (Wildman–Crippen LogP) is 2.28. The molecule has 1 saturated carbocycles. The van der Waals surface area contributed by atoms with E-state index >= 15 is 0 Å². The minimum atomic E-state index is -4.43. The quantitative estimate of drug-likeness (QED) is 0.556. The van der Waals surface area contributed by atoms with Crippen molar-refractivity contribution in [3.63, 3.8) is 0 Å². The first-order valence-corrected chi connectivity index (χ1v) is 6.83. The Hall–Kier alpha value is -1.54. The summed E-state index contributed by atoms with van der Waals surface area (Å²) in [5, 5.41) is 2.95. The largest absolute Gasteiger partial charge is 0.416 e. The number of likely N-dealkylation sites (N-methyl/N-ethyl adjacent to an activating group) is 1. The zero-order chi connectivity index (χ0) is 15.6. The molecule has 0 bridgehead atoms. The van der Waals surface area contributed by atoms with Crippen molar-refractivity contribution in [2.24, 2.45) is 5.84 Å². The summed E-state index contributed by atoms with van der Waals surface area (Å²) in [7, 11) is 2.02. The summed E-state index contributed by atoms with van der Waals surface area (Å²) in [6.07, 6.45) is -2.06. The Morgan fingerprint density at radius 2 is 2.00 bits per heavy atom. The highest BCUT2D eigenvalue weighted by atomic mass is 19.4. The lowest BCUT2D eigenvalue weighted by molar-refractivity contribution is -0.137. The fourth-order valence-corrected chi connectivity index (χ4v) is 2.10. The van der Waals surface area contributed by atoms with E-state index < -0.39 is 11.7 Å². The second-order valence-electron chi connectivity index (χ2n) is 5.39. The van der Waals surface area contributed by atoms with E-state index in [0.717, 1.165) is 12.1 Å². The summed E-state index contributed by atoms with van der Waals surface area (Å²) in [4.78, 5) is 6.22. The number of nitrogen functional groups attached to an aromatic ring is 1. The van der Waals surface area contributed by atoms with Gasteiger partial charge in [0.05, 0.1) is 5.56 Å². The maximum Gasteiger partial charge on any atom is 0.416 e. The molecule has 1 heterocycles. The number of halogens is 3. The van der Waals surface area contributed by atoms with Crippen LogP contribution in [-0.4, -0.2) is 35.6 Å². The molecule has 1 aliphatic carbocycles. The van der Waals surface area contributed by atoms with Gasteiger partial charge in [0, 0.05) is 18.6 Å². The highest BCUT2D eigenvalue weighted by Crippen LogP contribution is 2.32. The molecule has 0 aromatic carbocycles. The Morgan fingerprint density at radius 3 is 2.52 bits per heavy atom. The van der Waals surface area contributed by atoms with Gasteiger partial charge in [0.25, 0.3) is 0 Å². The monoisotopic (exact) mass is 303 g/mol. The van der Waals surface area contributed by atoms with Crippen LogP contribution in [0.5, 0.6) is 0 Å². The Morgan fingerprint density at radius 1 is 1.38 bits per heavy atom. The highest BCUT2D eigenvalue weighted by Gasteiger charge is 2.32. The summed E-state index contributed by atoms with van der Waals surface area (Å²) in [6, 6.07) is 2.68. The van der Waals surface area contributed by atoms with Crippen LogP contribution in [0.4, 0.5) is 24.8 Å². The van der Waals surface area contributed by atoms with Crippen molar-refractivity contribution in [3.8, 4) is 0 Å². The molecule has 1 aromatic heterocycles. The van der Waals surface area contributed by atoms with Crippen LogP contribution < -0.4 is 16.6 Å². The molecule has 0 aliphatic heterocycles. The third-order valence-corrected chi connectivity index (χ3v) is 3.70. The summed E-state index contributed by atoms with van der Waals surface area (Å²) < 4.78 is 38.4. The number of rotatable bonds is 6. The summed E-state index contributed by atoms with van der Waals surface area (Å²) in [5.41, 5.74) is 1.38. The maximum absolute atomic E-state index is 12.8. The van der Waals surface area contributed by atoms with E-state index in [2.05, 4.69) is 20.6 Å². The Labute approximate surface area is 121 Å². The van der Waals surface area contributed by atoms with Crippen LogP contribution >= 0.6 is 0 Å². The van der Waals surface area contributed by atoms with Gasteiger partial charge in [-0.1, -0.05) is 0 Å². The van der Waals surface area contributed by atoms with Gasteiger partial charge in [-0.15, -0.1) is 0 Å². The number of pyridine rings is 1. The van der Waals surface area contributed by atoms with Crippen LogP contribution in [-0.2, 0) is 6.18 Å². The SMILES string of the molecule is CC(CNc1cc(C(F)(F)F)cc(NN)n1)N(C)C1CC1. The van der Waals surface area contributed by atoms with Crippen molar-refractivity contribution < 1.29 is 13.2 Å². The predicted molar refractivity (Wildman–Crippen MR) is 75.8 cm³/mol. The molecule has 2 rings (SSSR count). The number of nitrogens with one attached hydrogen (secondary N) is 2. The molecule has 0 spiro atoms. The third-order valence-electron chi connectivity index (χ3n) is 3.70. The van der Waals surface area contributed by atoms with E-state index in [9.17, 15) is 13.2 Å². The van der Waals surface area contributed by atoms with E-state index in [1.165, 1.54) is 12.8 Å². The average Bonchev–Trinajstić information content (AvgIpc) is 3.27. The van der Waals surface area contributed by atoms with Gasteiger partial charge < -0.3 is 10.7 Å². The second-order valence-corrected chi connectivity index (χ2v) is 5.39. The molecular formula is C13H20F3N5. The summed E-state index contributed by atoms with van der Waals surface area (Å²) in [5.74, 6) is 5.31. The van der Waals surface area contributed by atoms with Crippen LogP contribution in [0.1, 0.15) is 25.3 Å². The minimum Gasteiger partial charge on any atom is -0.368 e. The van der Waals surface area contributed by atoms with Crippen LogP contribution in [0.25, 0.3) is 0 Å². The number of hydrogen-bond acceptors (Lipinski definition) is 5. The number of hydrogen-bond donors (Lipinski definition) is 3. The Kier molecular flexibility index (Phi) is 4.58. The van der Waals surface area contributed by atoms with Crippen molar-refractivity contribution >= 4 is 11.6 Å². The van der Waals surface area contributed by atoms with Crippen LogP contribution in [0.2, 0.25) is 0 Å². The number of nitrogens with zero attached hydrogens (tertiary/aromatic N) is 2. The van der Waals surface area contributed by atoms with Crippen molar-refractivity contribution in [1.29, 1.82) is 0 Å². The van der Waals surface area contributed by atoms with Gasteiger partial charge in [0.1, 0.15) is 11.6 Å². The highest BCUT2D eigenvalue weighted by molar-refractivity contribution is 5.49. The van der Waals surface area contributed by atoms with Crippen molar-refractivity contribution in [3.05, 3.63) is 17.7 Å². The molecule has 5 nitrogen and oxygen atoms in total. The number of aromatic nitrogens is 1. The molecular weight excluding hydrogens is 283 g/mol. The Bertz CT molecular complexity index is 487. The van der Waals surface area contributed by atoms with Gasteiger partial charge in [-0.3, -0.25) is 4.90 Å².